The predicted molar refractivity (Wildman–Crippen MR) is 82.2 cm³/mol. The number of H-pyrrole nitrogens is 1. The third-order valence-electron chi connectivity index (χ3n) is 4.12. The van der Waals surface area contributed by atoms with Crippen LogP contribution in [-0.4, -0.2) is 44.7 Å². The van der Waals surface area contributed by atoms with Crippen LogP contribution >= 0.6 is 0 Å². The van der Waals surface area contributed by atoms with Gasteiger partial charge in [-0.25, -0.2) is 4.98 Å². The van der Waals surface area contributed by atoms with Crippen LogP contribution in [0.15, 0.2) is 18.2 Å². The summed E-state index contributed by atoms with van der Waals surface area (Å²) >= 11 is 0. The minimum Gasteiger partial charge on any atom is -0.302 e. The quantitative estimate of drug-likeness (QED) is 0.936. The molecule has 0 saturated carbocycles. The lowest BCUT2D eigenvalue weighted by Crippen LogP contribution is -2.36. The summed E-state index contributed by atoms with van der Waals surface area (Å²) < 4.78 is 0. The van der Waals surface area contributed by atoms with Gasteiger partial charge in [-0.3, -0.25) is 10.1 Å². The first-order chi connectivity index (χ1) is 10.2. The van der Waals surface area contributed by atoms with Crippen molar-refractivity contribution >= 4 is 0 Å². The lowest BCUT2D eigenvalue weighted by Gasteiger charge is -2.31. The lowest BCUT2D eigenvalue weighted by atomic mass is 9.97. The summed E-state index contributed by atoms with van der Waals surface area (Å²) in [6.45, 7) is 7.30. The first-order valence-corrected chi connectivity index (χ1v) is 7.74. The molecule has 0 aliphatic carbocycles. The van der Waals surface area contributed by atoms with Gasteiger partial charge in [0.25, 0.3) is 0 Å². The highest BCUT2D eigenvalue weighted by Gasteiger charge is 2.24. The predicted octanol–water partition coefficient (Wildman–Crippen LogP) is 2.24. The fourth-order valence-corrected chi connectivity index (χ4v) is 3.02. The molecule has 1 aliphatic heterocycles. The van der Waals surface area contributed by atoms with Crippen molar-refractivity contribution in [2.45, 2.75) is 39.0 Å². The van der Waals surface area contributed by atoms with Crippen LogP contribution in [0.5, 0.6) is 0 Å². The molecule has 0 amide bonds. The molecule has 1 fully saturated rings. The van der Waals surface area contributed by atoms with E-state index in [0.717, 1.165) is 36.9 Å². The van der Waals surface area contributed by atoms with Crippen LogP contribution in [0.3, 0.4) is 0 Å². The molecule has 2 aromatic heterocycles. The second-order valence-electron chi connectivity index (χ2n) is 5.94. The topological polar surface area (TPSA) is 57.7 Å². The van der Waals surface area contributed by atoms with E-state index < -0.39 is 0 Å². The summed E-state index contributed by atoms with van der Waals surface area (Å²) in [6.07, 6.45) is 3.43. The number of aryl methyl sites for hydroxylation is 2. The highest BCUT2D eigenvalue weighted by Crippen LogP contribution is 2.24. The molecule has 1 N–H and O–H groups in total. The van der Waals surface area contributed by atoms with Gasteiger partial charge in [-0.15, -0.1) is 0 Å². The molecular weight excluding hydrogens is 262 g/mol. The molecule has 0 radical (unpaired) electrons. The molecule has 3 rings (SSSR count). The summed E-state index contributed by atoms with van der Waals surface area (Å²) in [5.74, 6) is 2.35. The summed E-state index contributed by atoms with van der Waals surface area (Å²) in [4.78, 5) is 11.6. The lowest BCUT2D eigenvalue weighted by molar-refractivity contribution is 0.206. The third-order valence-corrected chi connectivity index (χ3v) is 4.12. The number of pyridine rings is 1. The normalized spacial score (nSPS) is 19.8. The molecule has 1 atom stereocenters. The van der Waals surface area contributed by atoms with Crippen LogP contribution < -0.4 is 0 Å². The fraction of sp³-hybridized carbons (Fsp3) is 0.562. The van der Waals surface area contributed by atoms with E-state index in [0.29, 0.717) is 5.92 Å². The number of nitrogens with zero attached hydrogens (tertiary/aromatic N) is 4. The van der Waals surface area contributed by atoms with Gasteiger partial charge < -0.3 is 4.90 Å². The maximum atomic E-state index is 4.58. The molecule has 112 valence electrons. The van der Waals surface area contributed by atoms with E-state index in [1.54, 1.807) is 0 Å². The first kappa shape index (κ1) is 14.2. The first-order valence-electron chi connectivity index (χ1n) is 7.74. The number of hydrogen-bond donors (Lipinski definition) is 1. The number of nitrogens with one attached hydrogen (secondary N) is 1. The second kappa shape index (κ2) is 6.35. The maximum Gasteiger partial charge on any atom is 0.155 e. The van der Waals surface area contributed by atoms with Crippen LogP contribution in [0.25, 0.3) is 0 Å². The van der Waals surface area contributed by atoms with E-state index in [2.05, 4.69) is 37.2 Å². The van der Waals surface area contributed by atoms with Gasteiger partial charge in [-0.2, -0.15) is 5.10 Å². The van der Waals surface area contributed by atoms with Crippen molar-refractivity contribution in [2.24, 2.45) is 0 Å². The van der Waals surface area contributed by atoms with E-state index in [9.17, 15) is 0 Å². The van der Waals surface area contributed by atoms with Crippen LogP contribution in [0.1, 0.15) is 41.8 Å². The van der Waals surface area contributed by atoms with E-state index in [-0.39, 0.29) is 0 Å². The number of piperidine rings is 1. The van der Waals surface area contributed by atoms with Gasteiger partial charge in [-0.05, 0) is 45.4 Å². The van der Waals surface area contributed by atoms with Crippen molar-refractivity contribution in [3.8, 4) is 0 Å². The Kier molecular flexibility index (Phi) is 4.29. The number of aromatic amines is 1. The standard InChI is InChI=1S/C16H23N5/c1-12-5-3-7-15(17-12)8-10-21-9-4-6-14(11-21)16-18-13(2)19-20-16/h3,5,7,14H,4,6,8-11H2,1-2H3,(H,18,19,20)/t14-/m0/s1. The Labute approximate surface area is 125 Å². The van der Waals surface area contributed by atoms with Crippen LogP contribution in [0, 0.1) is 13.8 Å². The molecule has 0 bridgehead atoms. The zero-order valence-electron chi connectivity index (χ0n) is 12.8. The molecule has 0 aromatic carbocycles. The van der Waals surface area contributed by atoms with Gasteiger partial charge in [-0.1, -0.05) is 6.07 Å². The molecule has 5 heteroatoms. The maximum absolute atomic E-state index is 4.58. The fourth-order valence-electron chi connectivity index (χ4n) is 3.02. The second-order valence-corrected chi connectivity index (χ2v) is 5.94. The van der Waals surface area contributed by atoms with Gasteiger partial charge in [0, 0.05) is 36.8 Å². The van der Waals surface area contributed by atoms with Crippen molar-refractivity contribution in [1.29, 1.82) is 0 Å². The minimum atomic E-state index is 0.467. The van der Waals surface area contributed by atoms with Gasteiger partial charge >= 0.3 is 0 Å². The Hall–Kier alpha value is -1.75. The molecule has 5 nitrogen and oxygen atoms in total. The van der Waals surface area contributed by atoms with Crippen LogP contribution in [-0.2, 0) is 6.42 Å². The van der Waals surface area contributed by atoms with Crippen molar-refractivity contribution in [2.75, 3.05) is 19.6 Å². The smallest absolute Gasteiger partial charge is 0.155 e. The third kappa shape index (κ3) is 3.67. The Morgan fingerprint density at radius 1 is 1.29 bits per heavy atom. The number of hydrogen-bond acceptors (Lipinski definition) is 4. The molecule has 1 aliphatic rings. The molecular formula is C16H23N5. The Balaban J connectivity index is 1.56. The number of rotatable bonds is 4. The van der Waals surface area contributed by atoms with Gasteiger partial charge in [0.2, 0.25) is 0 Å². The SMILES string of the molecule is Cc1cccc(CCN2CCC[C@H](c3n[nH]c(C)n3)C2)n1. The van der Waals surface area contributed by atoms with Gasteiger partial charge in [0.05, 0.1) is 0 Å². The molecule has 0 spiro atoms. The van der Waals surface area contributed by atoms with Gasteiger partial charge in [0.1, 0.15) is 5.82 Å². The zero-order valence-corrected chi connectivity index (χ0v) is 12.8. The van der Waals surface area contributed by atoms with E-state index in [1.807, 2.05) is 19.9 Å². The average molecular weight is 285 g/mol. The number of aromatic nitrogens is 4. The van der Waals surface area contributed by atoms with Crippen LogP contribution in [0.4, 0.5) is 0 Å². The monoisotopic (exact) mass is 285 g/mol. The van der Waals surface area contributed by atoms with Crippen molar-refractivity contribution in [1.82, 2.24) is 25.1 Å². The van der Waals surface area contributed by atoms with E-state index in [1.165, 1.54) is 25.1 Å². The van der Waals surface area contributed by atoms with E-state index >= 15 is 0 Å². The minimum absolute atomic E-state index is 0.467. The zero-order chi connectivity index (χ0) is 14.7. The summed E-state index contributed by atoms with van der Waals surface area (Å²) in [5, 5.41) is 7.28. The largest absolute Gasteiger partial charge is 0.302 e. The molecule has 1 saturated heterocycles. The Morgan fingerprint density at radius 2 is 2.19 bits per heavy atom. The van der Waals surface area contributed by atoms with Crippen molar-refractivity contribution in [3.05, 3.63) is 41.2 Å². The Bertz CT molecular complexity index is 592. The van der Waals surface area contributed by atoms with Gasteiger partial charge in [0.15, 0.2) is 5.82 Å². The summed E-state index contributed by atoms with van der Waals surface area (Å²) in [7, 11) is 0. The summed E-state index contributed by atoms with van der Waals surface area (Å²) in [5.41, 5.74) is 2.28. The van der Waals surface area contributed by atoms with Crippen LogP contribution in [0.2, 0.25) is 0 Å². The van der Waals surface area contributed by atoms with Crippen molar-refractivity contribution < 1.29 is 0 Å². The molecule has 2 aromatic rings. The highest BCUT2D eigenvalue weighted by molar-refractivity contribution is 5.10. The van der Waals surface area contributed by atoms with E-state index in [4.69, 9.17) is 0 Å². The molecule has 3 heterocycles. The highest BCUT2D eigenvalue weighted by atomic mass is 15.2. The average Bonchev–Trinajstić information content (AvgIpc) is 2.92. The van der Waals surface area contributed by atoms with Crippen molar-refractivity contribution in [3.63, 3.8) is 0 Å². The molecule has 0 unspecified atom stereocenters. The summed E-state index contributed by atoms with van der Waals surface area (Å²) in [6, 6.07) is 6.26. The molecule has 21 heavy (non-hydrogen) atoms. The Morgan fingerprint density at radius 3 is 2.95 bits per heavy atom. The number of likely N-dealkylation sites (tertiary alicyclic amines) is 1.